The van der Waals surface area contributed by atoms with Gasteiger partial charge in [0.2, 0.25) is 0 Å². The molecule has 0 N–H and O–H groups in total. The number of carbonyl (C=O) groups excluding carboxylic acids is 2. The van der Waals surface area contributed by atoms with Crippen LogP contribution in [-0.2, 0) is 9.59 Å². The standard InChI is InChI=1S/C13H19N3O2SSe/c1-5-15-8(3)7-20-12(15)9-10(17)14(4)13(19)16(6-2)11(9)18/h8H,5-7H2,1-4H3/b12-9+. The summed E-state index contributed by atoms with van der Waals surface area (Å²) >= 11 is 5.37. The van der Waals surface area contributed by atoms with Crippen molar-refractivity contribution >= 4 is 44.1 Å². The summed E-state index contributed by atoms with van der Waals surface area (Å²) in [7, 11) is 1.64. The molecule has 2 amide bonds. The van der Waals surface area contributed by atoms with E-state index in [1.165, 1.54) is 9.80 Å². The van der Waals surface area contributed by atoms with Crippen LogP contribution >= 0.6 is 12.2 Å². The molecule has 110 valence electrons. The summed E-state index contributed by atoms with van der Waals surface area (Å²) in [4.78, 5) is 30.2. The number of hydrogen-bond donors (Lipinski definition) is 0. The van der Waals surface area contributed by atoms with Crippen LogP contribution in [0.25, 0.3) is 0 Å². The molecular formula is C13H19N3O2SSe. The molecule has 2 heterocycles. The second-order valence-corrected chi connectivity index (χ2v) is 7.30. The Morgan fingerprint density at radius 2 is 1.90 bits per heavy atom. The Bertz CT molecular complexity index is 506. The predicted octanol–water partition coefficient (Wildman–Crippen LogP) is 0.650. The van der Waals surface area contributed by atoms with Crippen molar-refractivity contribution in [2.45, 2.75) is 32.1 Å². The summed E-state index contributed by atoms with van der Waals surface area (Å²) < 4.78 is 0.940. The summed E-state index contributed by atoms with van der Waals surface area (Å²) in [6, 6.07) is 0.400. The minimum absolute atomic E-state index is 0.176. The van der Waals surface area contributed by atoms with E-state index in [4.69, 9.17) is 12.2 Å². The Balaban J connectivity index is 2.51. The molecule has 2 saturated heterocycles. The van der Waals surface area contributed by atoms with E-state index in [0.717, 1.165) is 16.5 Å². The van der Waals surface area contributed by atoms with E-state index >= 15 is 0 Å². The molecule has 0 aliphatic carbocycles. The van der Waals surface area contributed by atoms with Crippen LogP contribution in [0.1, 0.15) is 20.8 Å². The molecular weight excluding hydrogens is 341 g/mol. The number of carbonyl (C=O) groups is 2. The molecule has 2 rings (SSSR count). The monoisotopic (exact) mass is 361 g/mol. The second-order valence-electron chi connectivity index (χ2n) is 4.82. The molecule has 0 spiro atoms. The molecule has 1 atom stereocenters. The van der Waals surface area contributed by atoms with Crippen LogP contribution in [0.5, 0.6) is 0 Å². The molecule has 7 heteroatoms. The Hall–Kier alpha value is -0.911. The molecule has 0 saturated carbocycles. The fourth-order valence-electron chi connectivity index (χ4n) is 2.45. The van der Waals surface area contributed by atoms with Gasteiger partial charge in [0.1, 0.15) is 0 Å². The maximum atomic E-state index is 12.6. The Morgan fingerprint density at radius 1 is 1.25 bits per heavy atom. The van der Waals surface area contributed by atoms with Crippen LogP contribution in [-0.4, -0.2) is 72.8 Å². The number of hydrogen-bond acceptors (Lipinski definition) is 4. The average molecular weight is 360 g/mol. The molecule has 0 bridgehead atoms. The van der Waals surface area contributed by atoms with Crippen molar-refractivity contribution in [3.63, 3.8) is 0 Å². The van der Waals surface area contributed by atoms with Gasteiger partial charge in [-0.15, -0.1) is 0 Å². The first-order chi connectivity index (χ1) is 9.43. The van der Waals surface area contributed by atoms with Crippen LogP contribution in [0.15, 0.2) is 10.2 Å². The Morgan fingerprint density at radius 3 is 2.45 bits per heavy atom. The van der Waals surface area contributed by atoms with Gasteiger partial charge in [0.05, 0.1) is 0 Å². The zero-order valence-corrected chi connectivity index (χ0v) is 14.7. The molecule has 0 radical (unpaired) electrons. The van der Waals surface area contributed by atoms with Crippen LogP contribution in [0.2, 0.25) is 5.32 Å². The van der Waals surface area contributed by atoms with E-state index in [2.05, 4.69) is 18.7 Å². The molecule has 0 aromatic heterocycles. The summed E-state index contributed by atoms with van der Waals surface area (Å²) in [6.45, 7) is 7.38. The summed E-state index contributed by atoms with van der Waals surface area (Å²) in [5.41, 5.74) is 0.328. The normalized spacial score (nSPS) is 27.9. The van der Waals surface area contributed by atoms with Crippen molar-refractivity contribution in [2.24, 2.45) is 0 Å². The van der Waals surface area contributed by atoms with Gasteiger partial charge in [-0.3, -0.25) is 0 Å². The molecule has 20 heavy (non-hydrogen) atoms. The van der Waals surface area contributed by atoms with Crippen molar-refractivity contribution < 1.29 is 9.59 Å². The maximum absolute atomic E-state index is 12.6. The van der Waals surface area contributed by atoms with Crippen molar-refractivity contribution in [1.29, 1.82) is 0 Å². The van der Waals surface area contributed by atoms with Crippen molar-refractivity contribution in [1.82, 2.24) is 14.7 Å². The number of likely N-dealkylation sites (N-methyl/N-ethyl adjacent to an activating group) is 2. The third kappa shape index (κ3) is 2.28. The molecule has 2 aliphatic rings. The van der Waals surface area contributed by atoms with Crippen molar-refractivity contribution in [3.8, 4) is 0 Å². The van der Waals surface area contributed by atoms with Crippen LogP contribution in [0.4, 0.5) is 0 Å². The molecule has 0 aromatic carbocycles. The topological polar surface area (TPSA) is 43.9 Å². The van der Waals surface area contributed by atoms with E-state index in [0.29, 0.717) is 23.3 Å². The van der Waals surface area contributed by atoms with E-state index in [1.54, 1.807) is 7.05 Å². The summed E-state index contributed by atoms with van der Waals surface area (Å²) in [6.07, 6.45) is 0. The number of rotatable bonds is 2. The average Bonchev–Trinajstić information content (AvgIpc) is 2.78. The molecule has 1 unspecified atom stereocenters. The molecule has 0 aromatic rings. The first-order valence-corrected chi connectivity index (χ1v) is 9.19. The number of thiocarbonyl (C=S) groups is 1. The van der Waals surface area contributed by atoms with Crippen LogP contribution in [0.3, 0.4) is 0 Å². The van der Waals surface area contributed by atoms with Gasteiger partial charge in [0.25, 0.3) is 0 Å². The zero-order valence-electron chi connectivity index (χ0n) is 12.2. The predicted molar refractivity (Wildman–Crippen MR) is 82.2 cm³/mol. The number of amides is 2. The molecule has 2 aliphatic heterocycles. The van der Waals surface area contributed by atoms with Gasteiger partial charge in [0, 0.05) is 0 Å². The molecule has 5 nitrogen and oxygen atoms in total. The van der Waals surface area contributed by atoms with Gasteiger partial charge < -0.3 is 0 Å². The fourth-order valence-corrected chi connectivity index (χ4v) is 5.63. The first kappa shape index (κ1) is 15.5. The third-order valence-corrected chi connectivity index (χ3v) is 6.97. The summed E-state index contributed by atoms with van der Waals surface area (Å²) in [5.74, 6) is -0.487. The van der Waals surface area contributed by atoms with Gasteiger partial charge in [-0.25, -0.2) is 0 Å². The third-order valence-electron chi connectivity index (χ3n) is 3.62. The SMILES string of the molecule is CCN1C(=O)/C(=C2/[Se]CC(C)N2CC)C(=O)N(C)C1=S. The first-order valence-electron chi connectivity index (χ1n) is 6.71. The zero-order chi connectivity index (χ0) is 15.0. The van der Waals surface area contributed by atoms with Crippen LogP contribution in [0, 0.1) is 0 Å². The molecule has 2 fully saturated rings. The number of nitrogens with zero attached hydrogens (tertiary/aromatic N) is 3. The van der Waals surface area contributed by atoms with Crippen LogP contribution < -0.4 is 0 Å². The Kier molecular flexibility index (Phi) is 4.52. The van der Waals surface area contributed by atoms with E-state index < -0.39 is 0 Å². The van der Waals surface area contributed by atoms with Gasteiger partial charge in [0.15, 0.2) is 0 Å². The second kappa shape index (κ2) is 5.84. The minimum atomic E-state index is -0.255. The van der Waals surface area contributed by atoms with Gasteiger partial charge in [-0.1, -0.05) is 0 Å². The van der Waals surface area contributed by atoms with Gasteiger partial charge in [-0.2, -0.15) is 0 Å². The van der Waals surface area contributed by atoms with Crippen molar-refractivity contribution in [3.05, 3.63) is 10.2 Å². The van der Waals surface area contributed by atoms with Gasteiger partial charge >= 0.3 is 131 Å². The van der Waals surface area contributed by atoms with E-state index in [-0.39, 0.29) is 26.8 Å². The fraction of sp³-hybridized carbons (Fsp3) is 0.615. The van der Waals surface area contributed by atoms with Crippen molar-refractivity contribution in [2.75, 3.05) is 20.1 Å². The van der Waals surface area contributed by atoms with Gasteiger partial charge in [-0.05, 0) is 0 Å². The summed E-state index contributed by atoms with van der Waals surface area (Å²) in [5, 5.41) is 1.34. The van der Waals surface area contributed by atoms with E-state index in [9.17, 15) is 9.59 Å². The quantitative estimate of drug-likeness (QED) is 0.314. The van der Waals surface area contributed by atoms with E-state index in [1.807, 2.05) is 6.92 Å². The Labute approximate surface area is 131 Å².